The highest BCUT2D eigenvalue weighted by atomic mass is 35.5. The molecule has 4 nitrogen and oxygen atoms in total. The first-order chi connectivity index (χ1) is 13.6. The molecule has 1 amide bonds. The molecule has 0 spiro atoms. The Morgan fingerprint density at radius 3 is 2.75 bits per heavy atom. The Morgan fingerprint density at radius 2 is 2.00 bits per heavy atom. The zero-order valence-corrected chi connectivity index (χ0v) is 16.6. The van der Waals surface area contributed by atoms with Gasteiger partial charge in [-0.3, -0.25) is 4.79 Å². The molecule has 0 atom stereocenters. The van der Waals surface area contributed by atoms with Crippen molar-refractivity contribution in [1.29, 1.82) is 0 Å². The highest BCUT2D eigenvalue weighted by molar-refractivity contribution is 6.30. The van der Waals surface area contributed by atoms with E-state index in [-0.39, 0.29) is 5.91 Å². The molecule has 5 heteroatoms. The molecule has 0 saturated heterocycles. The summed E-state index contributed by atoms with van der Waals surface area (Å²) in [6, 6.07) is 19.0. The number of benzene rings is 2. The van der Waals surface area contributed by atoms with E-state index in [1.54, 1.807) is 30.2 Å². The lowest BCUT2D eigenvalue weighted by Crippen LogP contribution is -2.31. The van der Waals surface area contributed by atoms with Gasteiger partial charge in [-0.15, -0.1) is 6.58 Å². The lowest BCUT2D eigenvalue weighted by Gasteiger charge is -2.22. The molecule has 1 heterocycles. The van der Waals surface area contributed by atoms with Crippen molar-refractivity contribution in [3.63, 3.8) is 0 Å². The van der Waals surface area contributed by atoms with Gasteiger partial charge in [0.25, 0.3) is 5.91 Å². The van der Waals surface area contributed by atoms with Crippen LogP contribution in [0.2, 0.25) is 5.02 Å². The first-order valence-corrected chi connectivity index (χ1v) is 9.41. The van der Waals surface area contributed by atoms with Crippen molar-refractivity contribution in [3.8, 4) is 5.75 Å². The number of hydrogen-bond donors (Lipinski definition) is 0. The molecule has 0 unspecified atom stereocenters. The summed E-state index contributed by atoms with van der Waals surface area (Å²) in [6.45, 7) is 5.43. The fourth-order valence-corrected chi connectivity index (χ4v) is 3.30. The minimum atomic E-state index is -0.0608. The fraction of sp³-hybridized carbons (Fsp3) is 0.174. The predicted octanol–water partition coefficient (Wildman–Crippen LogP) is 5.03. The van der Waals surface area contributed by atoms with Crippen LogP contribution in [0, 0.1) is 0 Å². The summed E-state index contributed by atoms with van der Waals surface area (Å²) >= 11 is 6.10. The molecule has 0 aliphatic carbocycles. The van der Waals surface area contributed by atoms with Gasteiger partial charge < -0.3 is 14.2 Å². The van der Waals surface area contributed by atoms with Gasteiger partial charge in [0, 0.05) is 35.6 Å². The second kappa shape index (κ2) is 9.29. The maximum atomic E-state index is 13.0. The largest absolute Gasteiger partial charge is 0.497 e. The van der Waals surface area contributed by atoms with Crippen molar-refractivity contribution < 1.29 is 9.53 Å². The molecule has 0 aliphatic heterocycles. The third kappa shape index (κ3) is 4.84. The van der Waals surface area contributed by atoms with Crippen LogP contribution in [0.1, 0.15) is 21.6 Å². The lowest BCUT2D eigenvalue weighted by molar-refractivity contribution is 0.0759. The fourth-order valence-electron chi connectivity index (χ4n) is 3.09. The van der Waals surface area contributed by atoms with Gasteiger partial charge in [0.05, 0.1) is 13.7 Å². The average Bonchev–Trinajstić information content (AvgIpc) is 3.13. The van der Waals surface area contributed by atoms with Gasteiger partial charge in [0.1, 0.15) is 5.75 Å². The van der Waals surface area contributed by atoms with Gasteiger partial charge in [-0.25, -0.2) is 0 Å². The van der Waals surface area contributed by atoms with Crippen LogP contribution in [0.25, 0.3) is 0 Å². The molecular formula is C23H23ClN2O2. The summed E-state index contributed by atoms with van der Waals surface area (Å²) in [4.78, 5) is 14.8. The summed E-state index contributed by atoms with van der Waals surface area (Å²) in [6.07, 6.45) is 3.75. The Bertz CT molecular complexity index is 964. The van der Waals surface area contributed by atoms with Crippen molar-refractivity contribution in [2.75, 3.05) is 13.7 Å². The van der Waals surface area contributed by atoms with E-state index >= 15 is 0 Å². The highest BCUT2D eigenvalue weighted by Crippen LogP contribution is 2.18. The minimum Gasteiger partial charge on any atom is -0.497 e. The van der Waals surface area contributed by atoms with Crippen LogP contribution < -0.4 is 4.74 Å². The summed E-state index contributed by atoms with van der Waals surface area (Å²) in [5, 5.41) is 0.715. The smallest absolute Gasteiger partial charge is 0.254 e. The third-order valence-corrected chi connectivity index (χ3v) is 4.71. The van der Waals surface area contributed by atoms with E-state index in [4.69, 9.17) is 16.3 Å². The molecule has 0 N–H and O–H groups in total. The summed E-state index contributed by atoms with van der Waals surface area (Å²) in [5.41, 5.74) is 2.74. The number of nitrogens with zero attached hydrogens (tertiary/aromatic N) is 2. The SMILES string of the molecule is C=CCN(Cc1cccn1Cc1cccc(Cl)c1)C(=O)c1cccc(OC)c1. The number of carbonyl (C=O) groups is 1. The quantitative estimate of drug-likeness (QED) is 0.502. The van der Waals surface area contributed by atoms with E-state index in [0.717, 1.165) is 11.3 Å². The Balaban J connectivity index is 1.80. The summed E-state index contributed by atoms with van der Waals surface area (Å²) in [5.74, 6) is 0.600. The number of rotatable bonds is 8. The normalized spacial score (nSPS) is 10.5. The van der Waals surface area contributed by atoms with E-state index in [1.165, 1.54) is 0 Å². The second-order valence-corrected chi connectivity index (χ2v) is 6.90. The second-order valence-electron chi connectivity index (χ2n) is 6.46. The zero-order chi connectivity index (χ0) is 19.9. The van der Waals surface area contributed by atoms with Crippen LogP contribution in [0.4, 0.5) is 0 Å². The van der Waals surface area contributed by atoms with E-state index in [0.29, 0.717) is 36.0 Å². The average molecular weight is 395 g/mol. The van der Waals surface area contributed by atoms with Gasteiger partial charge in [-0.1, -0.05) is 35.9 Å². The third-order valence-electron chi connectivity index (χ3n) is 4.47. The van der Waals surface area contributed by atoms with Crippen LogP contribution in [-0.2, 0) is 13.1 Å². The molecule has 28 heavy (non-hydrogen) atoms. The van der Waals surface area contributed by atoms with E-state index in [1.807, 2.05) is 54.7 Å². The van der Waals surface area contributed by atoms with E-state index in [2.05, 4.69) is 11.1 Å². The Kier molecular flexibility index (Phi) is 6.56. The Morgan fingerprint density at radius 1 is 1.18 bits per heavy atom. The van der Waals surface area contributed by atoms with Crippen molar-refractivity contribution in [3.05, 3.63) is 101 Å². The molecule has 0 aliphatic rings. The number of aromatic nitrogens is 1. The van der Waals surface area contributed by atoms with Crippen LogP contribution in [0.3, 0.4) is 0 Å². The first-order valence-electron chi connectivity index (χ1n) is 9.03. The number of halogens is 1. The molecule has 2 aromatic carbocycles. The monoisotopic (exact) mass is 394 g/mol. The first kappa shape index (κ1) is 19.8. The maximum absolute atomic E-state index is 13.0. The van der Waals surface area contributed by atoms with Crippen LogP contribution in [0.15, 0.2) is 79.5 Å². The van der Waals surface area contributed by atoms with E-state index in [9.17, 15) is 4.79 Å². The van der Waals surface area contributed by atoms with Crippen LogP contribution >= 0.6 is 11.6 Å². The molecule has 0 radical (unpaired) electrons. The molecule has 0 saturated carbocycles. The van der Waals surface area contributed by atoms with Gasteiger partial charge in [-0.05, 0) is 48.0 Å². The zero-order valence-electron chi connectivity index (χ0n) is 15.8. The molecule has 0 fully saturated rings. The van der Waals surface area contributed by atoms with Crippen molar-refractivity contribution >= 4 is 17.5 Å². The molecule has 3 rings (SSSR count). The Labute approximate surface area is 170 Å². The van der Waals surface area contributed by atoms with Crippen LogP contribution in [0.5, 0.6) is 5.75 Å². The predicted molar refractivity (Wildman–Crippen MR) is 113 cm³/mol. The number of methoxy groups -OCH3 is 1. The lowest BCUT2D eigenvalue weighted by atomic mass is 10.1. The number of carbonyl (C=O) groups excluding carboxylic acids is 1. The molecule has 3 aromatic rings. The number of amides is 1. The van der Waals surface area contributed by atoms with Crippen LogP contribution in [-0.4, -0.2) is 29.0 Å². The molecule has 1 aromatic heterocycles. The summed E-state index contributed by atoms with van der Waals surface area (Å²) in [7, 11) is 1.59. The van der Waals surface area contributed by atoms with Gasteiger partial charge >= 0.3 is 0 Å². The topological polar surface area (TPSA) is 34.5 Å². The number of ether oxygens (including phenoxy) is 1. The van der Waals surface area contributed by atoms with Gasteiger partial charge in [0.15, 0.2) is 0 Å². The molecule has 144 valence electrons. The summed E-state index contributed by atoms with van der Waals surface area (Å²) < 4.78 is 7.37. The van der Waals surface area contributed by atoms with Crippen molar-refractivity contribution in [1.82, 2.24) is 9.47 Å². The maximum Gasteiger partial charge on any atom is 0.254 e. The van der Waals surface area contributed by atoms with Gasteiger partial charge in [-0.2, -0.15) is 0 Å². The van der Waals surface area contributed by atoms with Crippen molar-refractivity contribution in [2.45, 2.75) is 13.1 Å². The van der Waals surface area contributed by atoms with E-state index < -0.39 is 0 Å². The molecule has 0 bridgehead atoms. The molecular weight excluding hydrogens is 372 g/mol. The highest BCUT2D eigenvalue weighted by Gasteiger charge is 2.17. The van der Waals surface area contributed by atoms with Crippen molar-refractivity contribution in [2.24, 2.45) is 0 Å². The van der Waals surface area contributed by atoms with Gasteiger partial charge in [0.2, 0.25) is 0 Å². The number of hydrogen-bond acceptors (Lipinski definition) is 2. The minimum absolute atomic E-state index is 0.0608. The standard InChI is InChI=1S/C23H23ClN2O2/c1-3-12-26(23(27)19-8-5-11-22(15-19)28-2)17-21-10-6-13-25(21)16-18-7-4-9-20(24)14-18/h3-11,13-15H,1,12,16-17H2,2H3. The Hall–Kier alpha value is -2.98.